The second kappa shape index (κ2) is 8.99. The number of aliphatic hydroxyl groups excluding tert-OH is 1. The second-order valence-electron chi connectivity index (χ2n) is 5.57. The smallest absolute Gasteiger partial charge is 0.126 e. The lowest BCUT2D eigenvalue weighted by molar-refractivity contribution is -0.698. The van der Waals surface area contributed by atoms with Crippen molar-refractivity contribution in [2.75, 3.05) is 13.2 Å². The van der Waals surface area contributed by atoms with Crippen molar-refractivity contribution < 1.29 is 19.6 Å². The zero-order chi connectivity index (χ0) is 16.7. The Balaban J connectivity index is 1.69. The first-order valence-electron chi connectivity index (χ1n) is 7.64. The minimum Gasteiger partial charge on any atom is -0.385 e. The highest BCUT2D eigenvalue weighted by atomic mass is 35.5. The van der Waals surface area contributed by atoms with Gasteiger partial charge in [0.1, 0.15) is 24.5 Å². The van der Waals surface area contributed by atoms with Gasteiger partial charge in [0.05, 0.1) is 13.2 Å². The van der Waals surface area contributed by atoms with Crippen molar-refractivity contribution in [1.29, 1.82) is 0 Å². The molecule has 0 radical (unpaired) electrons. The van der Waals surface area contributed by atoms with Crippen LogP contribution in [0.5, 0.6) is 0 Å². The van der Waals surface area contributed by atoms with Crippen LogP contribution in [0.4, 0.5) is 4.39 Å². The van der Waals surface area contributed by atoms with Crippen molar-refractivity contribution in [2.45, 2.75) is 25.7 Å². The van der Waals surface area contributed by atoms with Crippen LogP contribution in [-0.4, -0.2) is 24.4 Å². The van der Waals surface area contributed by atoms with Gasteiger partial charge in [-0.1, -0.05) is 41.9 Å². The number of ether oxygens (including phenoxy) is 1. The molecule has 3 nitrogen and oxygen atoms in total. The normalized spacial score (nSPS) is 13.7. The summed E-state index contributed by atoms with van der Waals surface area (Å²) in [5.74, 6) is -0.242. The summed E-state index contributed by atoms with van der Waals surface area (Å²) >= 11 is 6.05. The summed E-state index contributed by atoms with van der Waals surface area (Å²) in [5, 5.41) is 12.7. The highest BCUT2D eigenvalue weighted by Gasteiger charge is 2.13. The molecule has 2 aromatic rings. The van der Waals surface area contributed by atoms with Crippen molar-refractivity contribution in [3.05, 3.63) is 70.5 Å². The number of halogens is 2. The van der Waals surface area contributed by atoms with Crippen LogP contribution in [-0.2, 0) is 11.3 Å². The van der Waals surface area contributed by atoms with E-state index in [0.29, 0.717) is 18.2 Å². The molecular formula is C18H22ClFNO2+. The highest BCUT2D eigenvalue weighted by molar-refractivity contribution is 6.31. The van der Waals surface area contributed by atoms with E-state index in [4.69, 9.17) is 16.3 Å². The maximum atomic E-state index is 12.9. The van der Waals surface area contributed by atoms with E-state index in [2.05, 4.69) is 0 Å². The van der Waals surface area contributed by atoms with E-state index in [1.807, 2.05) is 36.5 Å². The van der Waals surface area contributed by atoms with Gasteiger partial charge >= 0.3 is 0 Å². The van der Waals surface area contributed by atoms with Crippen LogP contribution < -0.4 is 5.32 Å². The lowest BCUT2D eigenvalue weighted by Crippen LogP contribution is -2.87. The van der Waals surface area contributed by atoms with Gasteiger partial charge in [0, 0.05) is 10.6 Å². The number of nitrogens with two attached hydrogens (primary N) is 1. The quantitative estimate of drug-likeness (QED) is 0.777. The molecule has 0 heterocycles. The molecule has 124 valence electrons. The third-order valence-corrected chi connectivity index (χ3v) is 4.05. The van der Waals surface area contributed by atoms with Gasteiger partial charge in [-0.2, -0.15) is 0 Å². The third kappa shape index (κ3) is 5.92. The topological polar surface area (TPSA) is 46.1 Å². The van der Waals surface area contributed by atoms with E-state index in [1.165, 1.54) is 12.1 Å². The first-order chi connectivity index (χ1) is 11.1. The van der Waals surface area contributed by atoms with Crippen LogP contribution in [0.3, 0.4) is 0 Å². The fraction of sp³-hybridized carbons (Fsp3) is 0.333. The highest BCUT2D eigenvalue weighted by Crippen LogP contribution is 2.15. The lowest BCUT2D eigenvalue weighted by atomic mass is 10.1. The fourth-order valence-corrected chi connectivity index (χ4v) is 2.44. The Labute approximate surface area is 141 Å². The van der Waals surface area contributed by atoms with E-state index in [9.17, 15) is 9.50 Å². The van der Waals surface area contributed by atoms with Gasteiger partial charge in [0.25, 0.3) is 0 Å². The lowest BCUT2D eigenvalue weighted by Gasteiger charge is -2.15. The van der Waals surface area contributed by atoms with Crippen molar-refractivity contribution >= 4 is 11.6 Å². The van der Waals surface area contributed by atoms with Crippen LogP contribution in [0.25, 0.3) is 0 Å². The number of aliphatic hydroxyl groups is 1. The Morgan fingerprint density at radius 3 is 2.57 bits per heavy atom. The Kier molecular flexibility index (Phi) is 6.99. The first kappa shape index (κ1) is 17.9. The standard InChI is InChI=1S/C18H21ClFNO2/c1-13(14-6-8-16(20)9-7-14)21-10-17(22)12-23-11-15-4-2-3-5-18(15)19/h2-9,13,17,21-22H,10-12H2,1H3/p+1/t13-,17+/m1/s1. The number of hydrogen-bond acceptors (Lipinski definition) is 2. The molecule has 2 rings (SSSR count). The average Bonchev–Trinajstić information content (AvgIpc) is 2.55. The summed E-state index contributed by atoms with van der Waals surface area (Å²) in [5.41, 5.74) is 1.93. The molecule has 0 aliphatic heterocycles. The van der Waals surface area contributed by atoms with Gasteiger partial charge in [-0.25, -0.2) is 4.39 Å². The average molecular weight is 339 g/mol. The summed E-state index contributed by atoms with van der Waals surface area (Å²) in [6, 6.07) is 14.0. The van der Waals surface area contributed by atoms with Gasteiger partial charge in [0.2, 0.25) is 0 Å². The zero-order valence-electron chi connectivity index (χ0n) is 13.1. The maximum absolute atomic E-state index is 12.9. The Bertz CT molecular complexity index is 606. The molecule has 0 unspecified atom stereocenters. The van der Waals surface area contributed by atoms with Gasteiger partial charge in [-0.05, 0) is 30.7 Å². The Hall–Kier alpha value is -1.46. The Morgan fingerprint density at radius 1 is 1.17 bits per heavy atom. The largest absolute Gasteiger partial charge is 0.385 e. The van der Waals surface area contributed by atoms with Crippen molar-refractivity contribution in [2.24, 2.45) is 0 Å². The molecular weight excluding hydrogens is 317 g/mol. The SMILES string of the molecule is C[C@@H]([NH2+]C[C@H](O)COCc1ccccc1Cl)c1ccc(F)cc1. The van der Waals surface area contributed by atoms with E-state index >= 15 is 0 Å². The minimum atomic E-state index is -0.569. The molecule has 0 aliphatic carbocycles. The van der Waals surface area contributed by atoms with E-state index in [-0.39, 0.29) is 18.5 Å². The monoisotopic (exact) mass is 338 g/mol. The van der Waals surface area contributed by atoms with Crippen molar-refractivity contribution in [3.63, 3.8) is 0 Å². The van der Waals surface area contributed by atoms with Gasteiger partial charge in [-0.3, -0.25) is 0 Å². The summed E-state index contributed by atoms with van der Waals surface area (Å²) < 4.78 is 18.4. The van der Waals surface area contributed by atoms with Crippen molar-refractivity contribution in [3.8, 4) is 0 Å². The number of hydrogen-bond donors (Lipinski definition) is 2. The van der Waals surface area contributed by atoms with Crippen LogP contribution >= 0.6 is 11.6 Å². The minimum absolute atomic E-state index is 0.147. The van der Waals surface area contributed by atoms with E-state index in [1.54, 1.807) is 12.1 Å². The van der Waals surface area contributed by atoms with E-state index in [0.717, 1.165) is 11.1 Å². The van der Waals surface area contributed by atoms with Gasteiger partial charge < -0.3 is 15.2 Å². The summed E-state index contributed by atoms with van der Waals surface area (Å²) in [6.45, 7) is 3.16. The third-order valence-electron chi connectivity index (χ3n) is 3.68. The van der Waals surface area contributed by atoms with E-state index < -0.39 is 6.10 Å². The van der Waals surface area contributed by atoms with Crippen LogP contribution in [0.1, 0.15) is 24.1 Å². The molecule has 0 saturated heterocycles. The van der Waals surface area contributed by atoms with Crippen LogP contribution in [0, 0.1) is 5.82 Å². The zero-order valence-corrected chi connectivity index (χ0v) is 13.8. The molecule has 2 aromatic carbocycles. The number of benzene rings is 2. The summed E-state index contributed by atoms with van der Waals surface area (Å²) in [7, 11) is 0. The molecule has 0 spiro atoms. The van der Waals surface area contributed by atoms with Crippen LogP contribution in [0.2, 0.25) is 5.02 Å². The molecule has 3 N–H and O–H groups in total. The number of rotatable bonds is 8. The molecule has 0 aromatic heterocycles. The van der Waals surface area contributed by atoms with Gasteiger partial charge in [0.15, 0.2) is 0 Å². The summed E-state index contributed by atoms with van der Waals surface area (Å²) in [6.07, 6.45) is -0.569. The predicted octanol–water partition coefficient (Wildman–Crippen LogP) is 2.68. The molecule has 23 heavy (non-hydrogen) atoms. The number of quaternary nitrogens is 1. The molecule has 5 heteroatoms. The predicted molar refractivity (Wildman–Crippen MR) is 88.7 cm³/mol. The van der Waals surface area contributed by atoms with Crippen LogP contribution in [0.15, 0.2) is 48.5 Å². The van der Waals surface area contributed by atoms with Gasteiger partial charge in [-0.15, -0.1) is 0 Å². The first-order valence-corrected chi connectivity index (χ1v) is 8.02. The van der Waals surface area contributed by atoms with Crippen molar-refractivity contribution in [1.82, 2.24) is 0 Å². The molecule has 0 aliphatic rings. The molecule has 0 fully saturated rings. The summed E-state index contributed by atoms with van der Waals surface area (Å²) in [4.78, 5) is 0. The molecule has 0 amide bonds. The molecule has 2 atom stereocenters. The maximum Gasteiger partial charge on any atom is 0.126 e. The fourth-order valence-electron chi connectivity index (χ4n) is 2.25. The Morgan fingerprint density at radius 2 is 1.87 bits per heavy atom. The second-order valence-corrected chi connectivity index (χ2v) is 5.98. The molecule has 0 bridgehead atoms. The molecule has 0 saturated carbocycles.